The molecule has 1 aromatic heterocycles. The van der Waals surface area contributed by atoms with Crippen LogP contribution in [0.4, 0.5) is 10.8 Å². The highest BCUT2D eigenvalue weighted by Gasteiger charge is 2.18. The topological polar surface area (TPSA) is 88.2 Å². The average Bonchev–Trinajstić information content (AvgIpc) is 2.98. The molecule has 0 fully saturated rings. The second-order valence-electron chi connectivity index (χ2n) is 5.57. The van der Waals surface area contributed by atoms with Crippen LogP contribution in [0.3, 0.4) is 0 Å². The number of fused-ring (bicyclic) bond motifs is 1. The van der Waals surface area contributed by atoms with Crippen molar-refractivity contribution in [2.45, 2.75) is 25.2 Å². The van der Waals surface area contributed by atoms with Crippen molar-refractivity contribution in [1.82, 2.24) is 4.98 Å². The summed E-state index contributed by atoms with van der Waals surface area (Å²) in [6.45, 7) is 3.42. The largest absolute Gasteiger partial charge is 0.302 e. The Morgan fingerprint density at radius 1 is 1.27 bits per heavy atom. The number of hydrogen-bond acceptors (Lipinski definition) is 5. The molecule has 0 saturated heterocycles. The van der Waals surface area contributed by atoms with E-state index in [2.05, 4.69) is 15.0 Å². The van der Waals surface area contributed by atoms with Crippen molar-refractivity contribution in [3.05, 3.63) is 47.0 Å². The van der Waals surface area contributed by atoms with Crippen LogP contribution in [0.25, 0.3) is 10.2 Å². The van der Waals surface area contributed by atoms with Crippen LogP contribution in [0.5, 0.6) is 0 Å². The van der Waals surface area contributed by atoms with Gasteiger partial charge in [-0.2, -0.15) is 0 Å². The van der Waals surface area contributed by atoms with Crippen LogP contribution in [0.1, 0.15) is 18.9 Å². The van der Waals surface area contributed by atoms with Gasteiger partial charge in [0.2, 0.25) is 5.91 Å². The highest BCUT2D eigenvalue weighted by molar-refractivity contribution is 7.92. The van der Waals surface area contributed by atoms with E-state index in [9.17, 15) is 13.2 Å². The van der Waals surface area contributed by atoms with Gasteiger partial charge < -0.3 is 5.32 Å². The Kier molecular flexibility index (Phi) is 5.17. The smallest absolute Gasteiger partial charge is 0.262 e. The van der Waals surface area contributed by atoms with E-state index in [1.54, 1.807) is 44.2 Å². The summed E-state index contributed by atoms with van der Waals surface area (Å²) in [5.74, 6) is -0.124. The lowest BCUT2D eigenvalue weighted by Crippen LogP contribution is -2.14. The minimum atomic E-state index is -3.77. The van der Waals surface area contributed by atoms with Gasteiger partial charge >= 0.3 is 0 Å². The maximum atomic E-state index is 12.7. The molecule has 0 atom stereocenters. The lowest BCUT2D eigenvalue weighted by atomic mass is 10.2. The summed E-state index contributed by atoms with van der Waals surface area (Å²) in [5.41, 5.74) is 1.59. The molecule has 1 heterocycles. The van der Waals surface area contributed by atoms with Gasteiger partial charge in [0.15, 0.2) is 5.13 Å². The molecule has 9 heteroatoms. The number of thiazole rings is 1. The zero-order chi connectivity index (χ0) is 18.9. The van der Waals surface area contributed by atoms with Crippen LogP contribution in [0.2, 0.25) is 5.02 Å². The molecule has 1 amide bonds. The Balaban J connectivity index is 1.91. The van der Waals surface area contributed by atoms with Gasteiger partial charge in [-0.1, -0.05) is 35.9 Å². The Hall–Kier alpha value is -2.16. The summed E-state index contributed by atoms with van der Waals surface area (Å²) in [6.07, 6.45) is 0.361. The second-order valence-corrected chi connectivity index (χ2v) is 8.66. The highest BCUT2D eigenvalue weighted by atomic mass is 35.5. The molecule has 0 radical (unpaired) electrons. The van der Waals surface area contributed by atoms with Crippen molar-refractivity contribution in [2.75, 3.05) is 10.0 Å². The Morgan fingerprint density at radius 2 is 2.04 bits per heavy atom. The van der Waals surface area contributed by atoms with Gasteiger partial charge in [-0.25, -0.2) is 13.4 Å². The van der Waals surface area contributed by atoms with Crippen molar-refractivity contribution < 1.29 is 13.2 Å². The summed E-state index contributed by atoms with van der Waals surface area (Å²) in [7, 11) is -3.77. The molecule has 0 aliphatic heterocycles. The van der Waals surface area contributed by atoms with Gasteiger partial charge in [0, 0.05) is 11.4 Å². The maximum absolute atomic E-state index is 12.7. The van der Waals surface area contributed by atoms with Gasteiger partial charge in [-0.05, 0) is 42.8 Å². The molecular formula is C17H16ClN3O3S2. The molecular weight excluding hydrogens is 394 g/mol. The molecule has 2 N–H and O–H groups in total. The molecule has 0 bridgehead atoms. The normalized spacial score (nSPS) is 11.5. The van der Waals surface area contributed by atoms with E-state index in [0.29, 0.717) is 33.3 Å². The summed E-state index contributed by atoms with van der Waals surface area (Å²) in [5, 5.41) is 3.58. The highest BCUT2D eigenvalue weighted by Crippen LogP contribution is 2.30. The number of benzene rings is 2. The third kappa shape index (κ3) is 3.82. The number of amides is 1. The molecule has 136 valence electrons. The standard InChI is InChI=1S/C17H16ClN3O3S2/c1-3-16(22)20-17-19-13-8-7-11(9-14(13)25-17)21-26(23,24)15-6-4-5-12(18)10(15)2/h4-9,21H,3H2,1-2H3,(H,19,20,22). The molecule has 0 unspecified atom stereocenters. The fraction of sp³-hybridized carbons (Fsp3) is 0.176. The van der Waals surface area contributed by atoms with Crippen LogP contribution in [-0.4, -0.2) is 19.3 Å². The van der Waals surface area contributed by atoms with E-state index in [4.69, 9.17) is 11.6 Å². The fourth-order valence-corrected chi connectivity index (χ4v) is 4.81. The third-order valence-corrected chi connectivity index (χ3v) is 6.58. The summed E-state index contributed by atoms with van der Waals surface area (Å²) in [6, 6.07) is 9.77. The molecule has 0 aliphatic carbocycles. The SMILES string of the molecule is CCC(=O)Nc1nc2ccc(NS(=O)(=O)c3cccc(Cl)c3C)cc2s1. The average molecular weight is 410 g/mol. The van der Waals surface area contributed by atoms with E-state index in [1.165, 1.54) is 17.4 Å². The van der Waals surface area contributed by atoms with Crippen molar-refractivity contribution >= 4 is 59.9 Å². The molecule has 6 nitrogen and oxygen atoms in total. The third-order valence-electron chi connectivity index (χ3n) is 3.72. The Labute approximate surface area is 160 Å². The lowest BCUT2D eigenvalue weighted by molar-refractivity contribution is -0.115. The number of rotatable bonds is 5. The number of nitrogens with zero attached hydrogens (tertiary/aromatic N) is 1. The quantitative estimate of drug-likeness (QED) is 0.653. The van der Waals surface area contributed by atoms with Gasteiger partial charge in [0.25, 0.3) is 10.0 Å². The van der Waals surface area contributed by atoms with Crippen molar-refractivity contribution in [3.63, 3.8) is 0 Å². The summed E-state index contributed by atoms with van der Waals surface area (Å²) >= 11 is 7.31. The molecule has 0 spiro atoms. The number of aromatic nitrogens is 1. The van der Waals surface area contributed by atoms with Crippen LogP contribution >= 0.6 is 22.9 Å². The van der Waals surface area contributed by atoms with Crippen molar-refractivity contribution in [2.24, 2.45) is 0 Å². The molecule has 3 rings (SSSR count). The van der Waals surface area contributed by atoms with Gasteiger partial charge in [0.05, 0.1) is 20.8 Å². The number of sulfonamides is 1. The van der Waals surface area contributed by atoms with Crippen molar-refractivity contribution in [1.29, 1.82) is 0 Å². The van der Waals surface area contributed by atoms with Gasteiger partial charge in [0.1, 0.15) is 0 Å². The maximum Gasteiger partial charge on any atom is 0.262 e. The summed E-state index contributed by atoms with van der Waals surface area (Å²) in [4.78, 5) is 15.9. The first-order valence-corrected chi connectivity index (χ1v) is 10.5. The molecule has 0 saturated carbocycles. The zero-order valence-corrected chi connectivity index (χ0v) is 16.4. The van der Waals surface area contributed by atoms with E-state index in [0.717, 1.165) is 4.70 Å². The lowest BCUT2D eigenvalue weighted by Gasteiger charge is -2.11. The number of carbonyl (C=O) groups excluding carboxylic acids is 1. The van der Waals surface area contributed by atoms with Crippen molar-refractivity contribution in [3.8, 4) is 0 Å². The Morgan fingerprint density at radius 3 is 2.77 bits per heavy atom. The van der Waals surface area contributed by atoms with E-state index >= 15 is 0 Å². The van der Waals surface area contributed by atoms with Crippen LogP contribution in [0.15, 0.2) is 41.3 Å². The first-order valence-electron chi connectivity index (χ1n) is 7.78. The molecule has 2 aromatic carbocycles. The predicted molar refractivity (Wildman–Crippen MR) is 106 cm³/mol. The monoisotopic (exact) mass is 409 g/mol. The van der Waals surface area contributed by atoms with Crippen LogP contribution < -0.4 is 10.0 Å². The number of nitrogens with one attached hydrogen (secondary N) is 2. The predicted octanol–water partition coefficient (Wildman–Crippen LogP) is 4.41. The molecule has 26 heavy (non-hydrogen) atoms. The van der Waals surface area contributed by atoms with Crippen LogP contribution in [0, 0.1) is 6.92 Å². The minimum absolute atomic E-state index is 0.124. The Bertz CT molecular complexity index is 1090. The number of halogens is 1. The van der Waals surface area contributed by atoms with E-state index in [-0.39, 0.29) is 10.8 Å². The summed E-state index contributed by atoms with van der Waals surface area (Å²) < 4.78 is 28.6. The first-order chi connectivity index (χ1) is 12.3. The van der Waals surface area contributed by atoms with Crippen LogP contribution in [-0.2, 0) is 14.8 Å². The molecule has 0 aliphatic rings. The molecule has 3 aromatic rings. The zero-order valence-electron chi connectivity index (χ0n) is 14.0. The first kappa shape index (κ1) is 18.6. The van der Waals surface area contributed by atoms with Gasteiger partial charge in [-0.15, -0.1) is 0 Å². The van der Waals surface area contributed by atoms with E-state index < -0.39 is 10.0 Å². The van der Waals surface area contributed by atoms with Gasteiger partial charge in [-0.3, -0.25) is 9.52 Å². The number of anilines is 2. The number of carbonyl (C=O) groups is 1. The van der Waals surface area contributed by atoms with E-state index in [1.807, 2.05) is 0 Å². The number of hydrogen-bond donors (Lipinski definition) is 2. The fourth-order valence-electron chi connectivity index (χ4n) is 2.34. The second kappa shape index (κ2) is 7.22. The minimum Gasteiger partial charge on any atom is -0.302 e.